The number of rotatable bonds is 4. The van der Waals surface area contributed by atoms with Gasteiger partial charge in [0.25, 0.3) is 5.69 Å². The number of aryl methyl sites for hydroxylation is 1. The third kappa shape index (κ3) is 2.61. The van der Waals surface area contributed by atoms with Crippen LogP contribution in [0.4, 0.5) is 11.4 Å². The van der Waals surface area contributed by atoms with Crippen LogP contribution in [-0.4, -0.2) is 31.6 Å². The Morgan fingerprint density at radius 3 is 3.00 bits per heavy atom. The van der Waals surface area contributed by atoms with Crippen molar-refractivity contribution in [2.75, 3.05) is 31.6 Å². The van der Waals surface area contributed by atoms with Crippen molar-refractivity contribution in [3.8, 4) is 0 Å². The van der Waals surface area contributed by atoms with Crippen LogP contribution in [0.25, 0.3) is 0 Å². The van der Waals surface area contributed by atoms with Gasteiger partial charge in [0.15, 0.2) is 0 Å². The maximum absolute atomic E-state index is 11.1. The summed E-state index contributed by atoms with van der Waals surface area (Å²) in [5, 5.41) is 14.2. The Balaban J connectivity index is 2.23. The van der Waals surface area contributed by atoms with Crippen molar-refractivity contribution in [3.05, 3.63) is 33.9 Å². The summed E-state index contributed by atoms with van der Waals surface area (Å²) in [6.45, 7) is 4.73. The highest BCUT2D eigenvalue weighted by molar-refractivity contribution is 5.65. The summed E-state index contributed by atoms with van der Waals surface area (Å²) in [4.78, 5) is 12.9. The highest BCUT2D eigenvalue weighted by Gasteiger charge is 2.27. The smallest absolute Gasteiger partial charge is 0.292 e. The standard InChI is InChI=1S/C13H19N3O2/c1-10-3-4-12(16(17)18)13(7-10)15-6-5-11(9-15)8-14-2/h3-4,7,11,14H,5-6,8-9H2,1-2H3. The van der Waals surface area contributed by atoms with Gasteiger partial charge < -0.3 is 10.2 Å². The molecule has 1 saturated heterocycles. The van der Waals surface area contributed by atoms with Gasteiger partial charge in [0, 0.05) is 19.2 Å². The van der Waals surface area contributed by atoms with E-state index in [1.54, 1.807) is 12.1 Å². The number of nitrogens with one attached hydrogen (secondary N) is 1. The summed E-state index contributed by atoms with van der Waals surface area (Å²) in [5.74, 6) is 0.579. The van der Waals surface area contributed by atoms with Crippen LogP contribution in [0.5, 0.6) is 0 Å². The number of nitro benzene ring substituents is 1. The molecule has 1 aliphatic rings. The van der Waals surface area contributed by atoms with Crippen LogP contribution in [0.15, 0.2) is 18.2 Å². The van der Waals surface area contributed by atoms with E-state index in [9.17, 15) is 10.1 Å². The average molecular weight is 249 g/mol. The van der Waals surface area contributed by atoms with Crippen LogP contribution in [0.2, 0.25) is 0 Å². The normalized spacial score (nSPS) is 19.2. The van der Waals surface area contributed by atoms with Gasteiger partial charge in [-0.05, 0) is 44.5 Å². The highest BCUT2D eigenvalue weighted by atomic mass is 16.6. The Morgan fingerprint density at radius 1 is 1.56 bits per heavy atom. The van der Waals surface area contributed by atoms with Crippen molar-refractivity contribution in [1.82, 2.24) is 5.32 Å². The molecule has 5 nitrogen and oxygen atoms in total. The van der Waals surface area contributed by atoms with Gasteiger partial charge in [-0.3, -0.25) is 10.1 Å². The van der Waals surface area contributed by atoms with Crippen LogP contribution < -0.4 is 10.2 Å². The number of anilines is 1. The number of nitro groups is 1. The molecule has 0 saturated carbocycles. The number of hydrogen-bond donors (Lipinski definition) is 1. The highest BCUT2D eigenvalue weighted by Crippen LogP contribution is 2.32. The van der Waals surface area contributed by atoms with Crippen molar-refractivity contribution in [2.24, 2.45) is 5.92 Å². The first kappa shape index (κ1) is 12.8. The fourth-order valence-electron chi connectivity index (χ4n) is 2.55. The first-order valence-corrected chi connectivity index (χ1v) is 6.26. The molecule has 1 aromatic rings. The molecule has 1 aromatic carbocycles. The Morgan fingerprint density at radius 2 is 2.33 bits per heavy atom. The van der Waals surface area contributed by atoms with Gasteiger partial charge in [0.2, 0.25) is 0 Å². The van der Waals surface area contributed by atoms with Crippen molar-refractivity contribution >= 4 is 11.4 Å². The maximum Gasteiger partial charge on any atom is 0.292 e. The molecule has 1 fully saturated rings. The molecular weight excluding hydrogens is 230 g/mol. The molecule has 2 rings (SSSR count). The Labute approximate surface area is 107 Å². The molecule has 1 heterocycles. The van der Waals surface area contributed by atoms with E-state index in [1.165, 1.54) is 0 Å². The molecule has 1 unspecified atom stereocenters. The molecule has 1 N–H and O–H groups in total. The van der Waals surface area contributed by atoms with E-state index >= 15 is 0 Å². The Hall–Kier alpha value is -1.62. The summed E-state index contributed by atoms with van der Waals surface area (Å²) in [6, 6.07) is 5.32. The average Bonchev–Trinajstić information content (AvgIpc) is 2.77. The lowest BCUT2D eigenvalue weighted by Gasteiger charge is -2.19. The Bertz CT molecular complexity index is 448. The number of hydrogen-bond acceptors (Lipinski definition) is 4. The zero-order valence-corrected chi connectivity index (χ0v) is 10.8. The maximum atomic E-state index is 11.1. The number of nitrogens with zero attached hydrogens (tertiary/aromatic N) is 2. The zero-order chi connectivity index (χ0) is 13.1. The summed E-state index contributed by atoms with van der Waals surface area (Å²) in [5.41, 5.74) is 2.04. The van der Waals surface area contributed by atoms with Crippen LogP contribution in [0.1, 0.15) is 12.0 Å². The molecule has 0 radical (unpaired) electrons. The van der Waals surface area contributed by atoms with Gasteiger partial charge in [0.05, 0.1) is 4.92 Å². The molecule has 0 bridgehead atoms. The van der Waals surface area contributed by atoms with Crippen molar-refractivity contribution in [1.29, 1.82) is 0 Å². The first-order chi connectivity index (χ1) is 8.61. The van der Waals surface area contributed by atoms with Gasteiger partial charge in [-0.1, -0.05) is 6.07 Å². The predicted octanol–water partition coefficient (Wildman–Crippen LogP) is 1.95. The lowest BCUT2D eigenvalue weighted by molar-refractivity contribution is -0.384. The van der Waals surface area contributed by atoms with E-state index in [1.807, 2.05) is 20.0 Å². The second-order valence-corrected chi connectivity index (χ2v) is 4.91. The molecule has 5 heteroatoms. The molecule has 98 valence electrons. The minimum Gasteiger partial charge on any atom is -0.366 e. The van der Waals surface area contributed by atoms with E-state index in [-0.39, 0.29) is 10.6 Å². The SMILES string of the molecule is CNCC1CCN(c2cc(C)ccc2[N+](=O)[O-])C1. The predicted molar refractivity (Wildman–Crippen MR) is 72.1 cm³/mol. The van der Waals surface area contributed by atoms with Crippen molar-refractivity contribution in [2.45, 2.75) is 13.3 Å². The Kier molecular flexibility index (Phi) is 3.81. The fraction of sp³-hybridized carbons (Fsp3) is 0.538. The molecule has 0 aromatic heterocycles. The van der Waals surface area contributed by atoms with Crippen LogP contribution in [-0.2, 0) is 0 Å². The van der Waals surface area contributed by atoms with Crippen molar-refractivity contribution in [3.63, 3.8) is 0 Å². The molecule has 1 aliphatic heterocycles. The largest absolute Gasteiger partial charge is 0.366 e. The molecule has 0 aliphatic carbocycles. The van der Waals surface area contributed by atoms with E-state index < -0.39 is 0 Å². The van der Waals surface area contributed by atoms with E-state index in [4.69, 9.17) is 0 Å². The van der Waals surface area contributed by atoms with E-state index in [2.05, 4.69) is 10.2 Å². The zero-order valence-electron chi connectivity index (χ0n) is 10.8. The van der Waals surface area contributed by atoms with Crippen molar-refractivity contribution < 1.29 is 4.92 Å². The minimum atomic E-state index is -0.291. The molecule has 0 spiro atoms. The third-order valence-electron chi connectivity index (χ3n) is 3.45. The topological polar surface area (TPSA) is 58.4 Å². The molecular formula is C13H19N3O2. The quantitative estimate of drug-likeness (QED) is 0.654. The molecule has 1 atom stereocenters. The minimum absolute atomic E-state index is 0.214. The van der Waals surface area contributed by atoms with Crippen LogP contribution in [0.3, 0.4) is 0 Å². The third-order valence-corrected chi connectivity index (χ3v) is 3.45. The lowest BCUT2D eigenvalue weighted by atomic mass is 10.1. The second-order valence-electron chi connectivity index (χ2n) is 4.91. The van der Waals surface area contributed by atoms with Gasteiger partial charge in [-0.25, -0.2) is 0 Å². The first-order valence-electron chi connectivity index (χ1n) is 6.26. The summed E-state index contributed by atoms with van der Waals surface area (Å²) in [7, 11) is 1.94. The van der Waals surface area contributed by atoms with Gasteiger partial charge in [0.1, 0.15) is 5.69 Å². The molecule has 18 heavy (non-hydrogen) atoms. The summed E-state index contributed by atoms with van der Waals surface area (Å²) < 4.78 is 0. The van der Waals surface area contributed by atoms with Gasteiger partial charge in [-0.2, -0.15) is 0 Å². The summed E-state index contributed by atoms with van der Waals surface area (Å²) in [6.07, 6.45) is 1.09. The van der Waals surface area contributed by atoms with E-state index in [0.717, 1.165) is 37.3 Å². The second kappa shape index (κ2) is 5.35. The monoisotopic (exact) mass is 249 g/mol. The summed E-state index contributed by atoms with van der Waals surface area (Å²) >= 11 is 0. The van der Waals surface area contributed by atoms with E-state index in [0.29, 0.717) is 5.92 Å². The number of benzene rings is 1. The fourth-order valence-corrected chi connectivity index (χ4v) is 2.55. The van der Waals surface area contributed by atoms with Gasteiger partial charge >= 0.3 is 0 Å². The van der Waals surface area contributed by atoms with Crippen LogP contribution >= 0.6 is 0 Å². The van der Waals surface area contributed by atoms with Crippen LogP contribution in [0, 0.1) is 23.0 Å². The van der Waals surface area contributed by atoms with Gasteiger partial charge in [-0.15, -0.1) is 0 Å². The lowest BCUT2D eigenvalue weighted by Crippen LogP contribution is -2.24. The molecule has 0 amide bonds.